The Morgan fingerprint density at radius 3 is 2.43 bits per heavy atom. The molecule has 0 spiro atoms. The normalized spacial score (nSPS) is 23.3. The summed E-state index contributed by atoms with van der Waals surface area (Å²) >= 11 is 0. The summed E-state index contributed by atoms with van der Waals surface area (Å²) in [5.41, 5.74) is 1.06. The van der Waals surface area contributed by atoms with E-state index in [0.29, 0.717) is 18.8 Å². The van der Waals surface area contributed by atoms with Gasteiger partial charge in [-0.2, -0.15) is 0 Å². The SMILES string of the molecule is CC.O=S1(=O)CCC(n2cc(C3CCNCC3)nn2)CC1.[HH]. The molecular formula is C14H28N4O2S. The van der Waals surface area contributed by atoms with Crippen LogP contribution in [0.3, 0.4) is 0 Å². The zero-order valence-electron chi connectivity index (χ0n) is 13.0. The highest BCUT2D eigenvalue weighted by atomic mass is 32.2. The minimum atomic E-state index is -2.81. The van der Waals surface area contributed by atoms with Gasteiger partial charge in [0.2, 0.25) is 0 Å². The van der Waals surface area contributed by atoms with Crippen LogP contribution in [0.2, 0.25) is 0 Å². The first-order chi connectivity index (χ1) is 10.1. The number of hydrogen-bond donors (Lipinski definition) is 1. The fourth-order valence-electron chi connectivity index (χ4n) is 2.92. The molecule has 0 aliphatic carbocycles. The summed E-state index contributed by atoms with van der Waals surface area (Å²) in [6.45, 7) is 6.08. The standard InChI is InChI=1S/C12H20N4O2S.C2H6.H2/c17-19(18)7-3-11(4-8-19)16-9-12(14-15-16)10-1-5-13-6-2-10;1-2;/h9-11,13H,1-8H2;1-2H3;1H. The van der Waals surface area contributed by atoms with E-state index < -0.39 is 9.84 Å². The molecule has 0 amide bonds. The van der Waals surface area contributed by atoms with Crippen molar-refractivity contribution in [1.82, 2.24) is 20.3 Å². The van der Waals surface area contributed by atoms with Gasteiger partial charge in [-0.15, -0.1) is 5.10 Å². The lowest BCUT2D eigenvalue weighted by Crippen LogP contribution is -2.27. The first-order valence-electron chi connectivity index (χ1n) is 7.97. The average Bonchev–Trinajstić information content (AvgIpc) is 3.00. The first kappa shape index (κ1) is 16.4. The Morgan fingerprint density at radius 1 is 1.19 bits per heavy atom. The van der Waals surface area contributed by atoms with Crippen LogP contribution in [0.1, 0.15) is 58.6 Å². The van der Waals surface area contributed by atoms with Gasteiger partial charge in [0.15, 0.2) is 0 Å². The second kappa shape index (κ2) is 7.35. The number of nitrogens with zero attached hydrogens (tertiary/aromatic N) is 3. The van der Waals surface area contributed by atoms with Gasteiger partial charge < -0.3 is 5.32 Å². The average molecular weight is 316 g/mol. The molecule has 0 atom stereocenters. The van der Waals surface area contributed by atoms with E-state index in [0.717, 1.165) is 31.6 Å². The van der Waals surface area contributed by atoms with Gasteiger partial charge in [0, 0.05) is 13.5 Å². The summed E-state index contributed by atoms with van der Waals surface area (Å²) in [5.74, 6) is 1.06. The predicted octanol–water partition coefficient (Wildman–Crippen LogP) is 1.77. The number of nitrogens with one attached hydrogen (secondary N) is 1. The van der Waals surface area contributed by atoms with E-state index in [-0.39, 0.29) is 19.0 Å². The maximum Gasteiger partial charge on any atom is 0.150 e. The minimum absolute atomic E-state index is 0. The quantitative estimate of drug-likeness (QED) is 0.900. The Balaban J connectivity index is 0.000000775. The topological polar surface area (TPSA) is 76.9 Å². The van der Waals surface area contributed by atoms with Gasteiger partial charge >= 0.3 is 0 Å². The fraction of sp³-hybridized carbons (Fsp3) is 0.857. The molecule has 2 fully saturated rings. The molecule has 0 radical (unpaired) electrons. The summed E-state index contributed by atoms with van der Waals surface area (Å²) < 4.78 is 24.7. The van der Waals surface area contributed by atoms with E-state index in [2.05, 4.69) is 15.6 Å². The van der Waals surface area contributed by atoms with Gasteiger partial charge in [0.05, 0.1) is 23.2 Å². The maximum atomic E-state index is 11.4. The number of hydrogen-bond acceptors (Lipinski definition) is 5. The van der Waals surface area contributed by atoms with E-state index >= 15 is 0 Å². The second-order valence-corrected chi connectivity index (χ2v) is 7.83. The van der Waals surface area contributed by atoms with Crippen molar-refractivity contribution in [3.8, 4) is 0 Å². The lowest BCUT2D eigenvalue weighted by atomic mass is 9.95. The molecule has 1 N–H and O–H groups in total. The van der Waals surface area contributed by atoms with Crippen molar-refractivity contribution in [2.45, 2.75) is 51.5 Å². The zero-order valence-corrected chi connectivity index (χ0v) is 13.8. The van der Waals surface area contributed by atoms with E-state index in [4.69, 9.17) is 0 Å². The van der Waals surface area contributed by atoms with Crippen LogP contribution in [-0.4, -0.2) is 48.0 Å². The summed E-state index contributed by atoms with van der Waals surface area (Å²) in [7, 11) is -2.81. The van der Waals surface area contributed by atoms with Crippen LogP contribution >= 0.6 is 0 Å². The Bertz CT molecular complexity index is 527. The van der Waals surface area contributed by atoms with Crippen molar-refractivity contribution < 1.29 is 9.84 Å². The van der Waals surface area contributed by atoms with Gasteiger partial charge in [-0.1, -0.05) is 19.1 Å². The predicted molar refractivity (Wildman–Crippen MR) is 85.3 cm³/mol. The largest absolute Gasteiger partial charge is 0.317 e. The Hall–Kier alpha value is -0.950. The summed E-state index contributed by atoms with van der Waals surface area (Å²) in [6, 6.07) is 0.200. The summed E-state index contributed by atoms with van der Waals surface area (Å²) in [6.07, 6.45) is 5.57. The molecule has 7 heteroatoms. The van der Waals surface area contributed by atoms with Crippen molar-refractivity contribution in [3.05, 3.63) is 11.9 Å². The van der Waals surface area contributed by atoms with Gasteiger partial charge in [-0.25, -0.2) is 13.1 Å². The van der Waals surface area contributed by atoms with Crippen molar-refractivity contribution >= 4 is 9.84 Å². The van der Waals surface area contributed by atoms with E-state index in [9.17, 15) is 8.42 Å². The Kier molecular flexibility index (Phi) is 5.75. The molecule has 0 unspecified atom stereocenters. The molecule has 3 rings (SSSR count). The smallest absolute Gasteiger partial charge is 0.150 e. The second-order valence-electron chi connectivity index (χ2n) is 5.53. The first-order valence-corrected chi connectivity index (χ1v) is 9.79. The van der Waals surface area contributed by atoms with Crippen LogP contribution in [0.5, 0.6) is 0 Å². The van der Waals surface area contributed by atoms with Crippen molar-refractivity contribution in [1.29, 1.82) is 0 Å². The van der Waals surface area contributed by atoms with Crippen LogP contribution in [0, 0.1) is 0 Å². The fourth-order valence-corrected chi connectivity index (χ4v) is 4.38. The summed E-state index contributed by atoms with van der Waals surface area (Å²) in [4.78, 5) is 0. The van der Waals surface area contributed by atoms with Crippen molar-refractivity contribution in [2.24, 2.45) is 0 Å². The third-order valence-electron chi connectivity index (χ3n) is 4.18. The van der Waals surface area contributed by atoms with Gasteiger partial charge in [0.25, 0.3) is 0 Å². The lowest BCUT2D eigenvalue weighted by molar-refractivity contribution is 0.404. The molecule has 2 aliphatic rings. The molecule has 2 saturated heterocycles. The minimum Gasteiger partial charge on any atom is -0.317 e. The molecule has 1 aromatic rings. The molecule has 0 aromatic carbocycles. The van der Waals surface area contributed by atoms with Crippen molar-refractivity contribution in [2.75, 3.05) is 24.6 Å². The third-order valence-corrected chi connectivity index (χ3v) is 5.90. The van der Waals surface area contributed by atoms with Crippen LogP contribution in [-0.2, 0) is 9.84 Å². The number of rotatable bonds is 2. The van der Waals surface area contributed by atoms with Crippen LogP contribution in [0.4, 0.5) is 0 Å². The van der Waals surface area contributed by atoms with Crippen LogP contribution < -0.4 is 5.32 Å². The van der Waals surface area contributed by atoms with Crippen LogP contribution in [0.15, 0.2) is 6.20 Å². The van der Waals surface area contributed by atoms with Gasteiger partial charge in [0.1, 0.15) is 9.84 Å². The lowest BCUT2D eigenvalue weighted by Gasteiger charge is -2.22. The summed E-state index contributed by atoms with van der Waals surface area (Å²) in [5, 5.41) is 11.8. The molecule has 6 nitrogen and oxygen atoms in total. The molecule has 2 aliphatic heterocycles. The molecular weight excluding hydrogens is 288 g/mol. The molecule has 21 heavy (non-hydrogen) atoms. The maximum absolute atomic E-state index is 11.4. The highest BCUT2D eigenvalue weighted by Gasteiger charge is 2.26. The van der Waals surface area contributed by atoms with E-state index in [1.54, 1.807) is 0 Å². The van der Waals surface area contributed by atoms with E-state index in [1.807, 2.05) is 24.7 Å². The highest BCUT2D eigenvalue weighted by Crippen LogP contribution is 2.27. The highest BCUT2D eigenvalue weighted by molar-refractivity contribution is 7.91. The van der Waals surface area contributed by atoms with E-state index in [1.165, 1.54) is 0 Å². The molecule has 122 valence electrons. The molecule has 0 bridgehead atoms. The van der Waals surface area contributed by atoms with Gasteiger partial charge in [-0.3, -0.25) is 0 Å². The monoisotopic (exact) mass is 316 g/mol. The third kappa shape index (κ3) is 4.26. The van der Waals surface area contributed by atoms with Gasteiger partial charge in [-0.05, 0) is 38.8 Å². The number of piperidine rings is 1. The Labute approximate surface area is 128 Å². The molecule has 3 heterocycles. The Morgan fingerprint density at radius 2 is 1.81 bits per heavy atom. The number of aromatic nitrogens is 3. The zero-order chi connectivity index (χ0) is 15.3. The van der Waals surface area contributed by atoms with Crippen molar-refractivity contribution in [3.63, 3.8) is 0 Å². The van der Waals surface area contributed by atoms with Crippen LogP contribution in [0.25, 0.3) is 0 Å². The molecule has 1 aromatic heterocycles. The molecule has 0 saturated carbocycles. The number of sulfone groups is 1.